The summed E-state index contributed by atoms with van der Waals surface area (Å²) in [5.41, 5.74) is 6.76. The standard InChI is InChI=1S/C15H20N4O2/c1-15(2,3)12(16)13(20)18-10-4-6-11(7-5-10)19-9-8-17-14(19)21/h4-9,12H,16H2,1-3H3,(H,17,21)(H,18,20)/t12-/m1/s1. The maximum atomic E-state index is 12.0. The molecule has 0 bridgehead atoms. The molecule has 112 valence electrons. The summed E-state index contributed by atoms with van der Waals surface area (Å²) in [6, 6.07) is 6.40. The van der Waals surface area contributed by atoms with E-state index in [4.69, 9.17) is 5.73 Å². The largest absolute Gasteiger partial charge is 0.330 e. The third-order valence-corrected chi connectivity index (χ3v) is 3.28. The van der Waals surface area contributed by atoms with Crippen LogP contribution in [0.4, 0.5) is 5.69 Å². The molecule has 0 saturated heterocycles. The van der Waals surface area contributed by atoms with Crippen LogP contribution in [0.3, 0.4) is 0 Å². The molecule has 0 spiro atoms. The second kappa shape index (κ2) is 5.57. The predicted octanol–water partition coefficient (Wildman–Crippen LogP) is 1.48. The fraction of sp³-hybridized carbons (Fsp3) is 0.333. The van der Waals surface area contributed by atoms with Crippen molar-refractivity contribution in [1.82, 2.24) is 9.55 Å². The van der Waals surface area contributed by atoms with Crippen LogP contribution in [-0.2, 0) is 4.79 Å². The molecule has 0 aliphatic heterocycles. The highest BCUT2D eigenvalue weighted by molar-refractivity contribution is 5.95. The second-order valence-corrected chi connectivity index (χ2v) is 6.02. The Morgan fingerprint density at radius 2 is 1.90 bits per heavy atom. The van der Waals surface area contributed by atoms with Gasteiger partial charge in [0, 0.05) is 18.1 Å². The molecule has 0 fully saturated rings. The van der Waals surface area contributed by atoms with Gasteiger partial charge in [-0.25, -0.2) is 4.79 Å². The summed E-state index contributed by atoms with van der Waals surface area (Å²) in [6.45, 7) is 5.75. The highest BCUT2D eigenvalue weighted by Gasteiger charge is 2.27. The number of anilines is 1. The number of aromatic nitrogens is 2. The van der Waals surface area contributed by atoms with Crippen LogP contribution in [0.5, 0.6) is 0 Å². The molecule has 0 saturated carbocycles. The van der Waals surface area contributed by atoms with Crippen LogP contribution in [0.2, 0.25) is 0 Å². The number of carbonyl (C=O) groups is 1. The van der Waals surface area contributed by atoms with Gasteiger partial charge in [0.1, 0.15) is 0 Å². The van der Waals surface area contributed by atoms with E-state index in [0.29, 0.717) is 5.69 Å². The molecular formula is C15H20N4O2. The van der Waals surface area contributed by atoms with E-state index in [1.54, 1.807) is 36.7 Å². The number of carbonyl (C=O) groups excluding carboxylic acids is 1. The number of nitrogens with two attached hydrogens (primary N) is 1. The van der Waals surface area contributed by atoms with Gasteiger partial charge < -0.3 is 16.0 Å². The number of amides is 1. The van der Waals surface area contributed by atoms with Crippen LogP contribution >= 0.6 is 0 Å². The highest BCUT2D eigenvalue weighted by atomic mass is 16.2. The van der Waals surface area contributed by atoms with Crippen LogP contribution in [0, 0.1) is 5.41 Å². The summed E-state index contributed by atoms with van der Waals surface area (Å²) < 4.78 is 1.48. The average Bonchev–Trinajstić information content (AvgIpc) is 2.84. The van der Waals surface area contributed by atoms with Gasteiger partial charge in [0.15, 0.2) is 0 Å². The molecule has 1 aromatic heterocycles. The lowest BCUT2D eigenvalue weighted by molar-refractivity contribution is -0.119. The number of H-pyrrole nitrogens is 1. The fourth-order valence-corrected chi connectivity index (χ4v) is 1.84. The summed E-state index contributed by atoms with van der Waals surface area (Å²) in [5, 5.41) is 2.78. The minimum atomic E-state index is -0.593. The molecule has 21 heavy (non-hydrogen) atoms. The average molecular weight is 288 g/mol. The summed E-state index contributed by atoms with van der Waals surface area (Å²) >= 11 is 0. The van der Waals surface area contributed by atoms with Crippen molar-refractivity contribution in [2.75, 3.05) is 5.32 Å². The van der Waals surface area contributed by atoms with Crippen molar-refractivity contribution >= 4 is 11.6 Å². The highest BCUT2D eigenvalue weighted by Crippen LogP contribution is 2.19. The summed E-state index contributed by atoms with van der Waals surface area (Å²) in [5.74, 6) is -0.228. The second-order valence-electron chi connectivity index (χ2n) is 6.02. The third kappa shape index (κ3) is 3.41. The van der Waals surface area contributed by atoms with Crippen molar-refractivity contribution in [3.05, 3.63) is 47.1 Å². The van der Waals surface area contributed by atoms with Crippen molar-refractivity contribution in [2.24, 2.45) is 11.1 Å². The molecule has 1 heterocycles. The van der Waals surface area contributed by atoms with Gasteiger partial charge in [-0.2, -0.15) is 0 Å². The molecule has 1 aromatic carbocycles. The third-order valence-electron chi connectivity index (χ3n) is 3.28. The van der Waals surface area contributed by atoms with Gasteiger partial charge in [-0.15, -0.1) is 0 Å². The molecule has 1 atom stereocenters. The molecule has 6 heteroatoms. The van der Waals surface area contributed by atoms with Crippen LogP contribution in [0.25, 0.3) is 5.69 Å². The first-order valence-corrected chi connectivity index (χ1v) is 6.72. The van der Waals surface area contributed by atoms with E-state index in [1.165, 1.54) is 4.57 Å². The smallest absolute Gasteiger partial charge is 0.325 e. The van der Waals surface area contributed by atoms with E-state index < -0.39 is 6.04 Å². The summed E-state index contributed by atoms with van der Waals surface area (Å²) in [6.07, 6.45) is 3.21. The number of hydrogen-bond donors (Lipinski definition) is 3. The fourth-order valence-electron chi connectivity index (χ4n) is 1.84. The molecule has 0 aliphatic carbocycles. The van der Waals surface area contributed by atoms with Crippen LogP contribution in [0.15, 0.2) is 41.5 Å². The zero-order valence-electron chi connectivity index (χ0n) is 12.4. The van der Waals surface area contributed by atoms with Gasteiger partial charge in [-0.3, -0.25) is 9.36 Å². The van der Waals surface area contributed by atoms with Gasteiger partial charge >= 0.3 is 5.69 Å². The summed E-state index contributed by atoms with van der Waals surface area (Å²) in [7, 11) is 0. The van der Waals surface area contributed by atoms with Crippen molar-refractivity contribution in [2.45, 2.75) is 26.8 Å². The Kier molecular flexibility index (Phi) is 3.99. The minimum Gasteiger partial charge on any atom is -0.325 e. The lowest BCUT2D eigenvalue weighted by Crippen LogP contribution is -2.45. The molecule has 0 radical (unpaired) electrons. The van der Waals surface area contributed by atoms with Crippen LogP contribution < -0.4 is 16.7 Å². The zero-order chi connectivity index (χ0) is 15.6. The number of hydrogen-bond acceptors (Lipinski definition) is 3. The van der Waals surface area contributed by atoms with Crippen LogP contribution in [-0.4, -0.2) is 21.5 Å². The first-order chi connectivity index (χ1) is 9.79. The molecule has 6 nitrogen and oxygen atoms in total. The predicted molar refractivity (Wildman–Crippen MR) is 82.4 cm³/mol. The van der Waals surface area contributed by atoms with E-state index in [1.807, 2.05) is 20.8 Å². The first kappa shape index (κ1) is 15.1. The number of aromatic amines is 1. The lowest BCUT2D eigenvalue weighted by atomic mass is 9.87. The normalized spacial score (nSPS) is 13.0. The SMILES string of the molecule is CC(C)(C)[C@H](N)C(=O)Nc1ccc(-n2cc[nH]c2=O)cc1. The van der Waals surface area contributed by atoms with Gasteiger partial charge in [0.2, 0.25) is 5.91 Å². The minimum absolute atomic E-state index is 0.207. The maximum Gasteiger partial charge on any atom is 0.330 e. The topological polar surface area (TPSA) is 92.9 Å². The van der Waals surface area contributed by atoms with E-state index >= 15 is 0 Å². The Hall–Kier alpha value is -2.34. The number of imidazole rings is 1. The quantitative estimate of drug-likeness (QED) is 0.798. The Labute approximate surface area is 123 Å². The monoisotopic (exact) mass is 288 g/mol. The lowest BCUT2D eigenvalue weighted by Gasteiger charge is -2.25. The Morgan fingerprint density at radius 3 is 2.38 bits per heavy atom. The molecule has 2 rings (SSSR count). The van der Waals surface area contributed by atoms with Gasteiger partial charge in [-0.05, 0) is 29.7 Å². The molecule has 0 unspecified atom stereocenters. The molecule has 1 amide bonds. The number of nitrogens with one attached hydrogen (secondary N) is 2. The van der Waals surface area contributed by atoms with Crippen molar-refractivity contribution in [3.8, 4) is 5.69 Å². The number of nitrogens with zero attached hydrogens (tertiary/aromatic N) is 1. The first-order valence-electron chi connectivity index (χ1n) is 6.72. The van der Waals surface area contributed by atoms with E-state index in [0.717, 1.165) is 5.69 Å². The zero-order valence-corrected chi connectivity index (χ0v) is 12.4. The van der Waals surface area contributed by atoms with Gasteiger partial charge in [0.05, 0.1) is 11.7 Å². The molecule has 2 aromatic rings. The van der Waals surface area contributed by atoms with E-state index in [2.05, 4.69) is 10.3 Å². The Balaban J connectivity index is 2.12. The molecular weight excluding hydrogens is 268 g/mol. The van der Waals surface area contributed by atoms with Gasteiger partial charge in [-0.1, -0.05) is 20.8 Å². The van der Waals surface area contributed by atoms with Crippen molar-refractivity contribution in [3.63, 3.8) is 0 Å². The van der Waals surface area contributed by atoms with E-state index in [-0.39, 0.29) is 17.0 Å². The number of rotatable bonds is 3. The number of benzene rings is 1. The molecule has 0 aliphatic rings. The van der Waals surface area contributed by atoms with Crippen LogP contribution in [0.1, 0.15) is 20.8 Å². The van der Waals surface area contributed by atoms with Gasteiger partial charge in [0.25, 0.3) is 0 Å². The Bertz CT molecular complexity index is 677. The van der Waals surface area contributed by atoms with Crippen molar-refractivity contribution < 1.29 is 4.79 Å². The maximum absolute atomic E-state index is 12.0. The van der Waals surface area contributed by atoms with E-state index in [9.17, 15) is 9.59 Å². The molecule has 4 N–H and O–H groups in total. The summed E-state index contributed by atoms with van der Waals surface area (Å²) in [4.78, 5) is 26.1. The van der Waals surface area contributed by atoms with Crippen molar-refractivity contribution in [1.29, 1.82) is 0 Å². The Morgan fingerprint density at radius 1 is 1.29 bits per heavy atom.